The van der Waals surface area contributed by atoms with Gasteiger partial charge in [-0.2, -0.15) is 0 Å². The Morgan fingerprint density at radius 1 is 1.50 bits per heavy atom. The summed E-state index contributed by atoms with van der Waals surface area (Å²) in [5.41, 5.74) is 1.08. The second kappa shape index (κ2) is 7.07. The van der Waals surface area contributed by atoms with Crippen LogP contribution in [-0.2, 0) is 4.74 Å². The van der Waals surface area contributed by atoms with E-state index in [1.165, 1.54) is 0 Å². The highest BCUT2D eigenvalue weighted by atomic mass is 16.5. The molecule has 0 spiro atoms. The van der Waals surface area contributed by atoms with Crippen molar-refractivity contribution in [2.45, 2.75) is 38.4 Å². The average Bonchev–Trinajstić information content (AvgIpc) is 2.83. The van der Waals surface area contributed by atoms with Gasteiger partial charge in [-0.25, -0.2) is 0 Å². The van der Waals surface area contributed by atoms with E-state index in [1.807, 2.05) is 31.2 Å². The quantitative estimate of drug-likeness (QED) is 0.800. The van der Waals surface area contributed by atoms with Gasteiger partial charge >= 0.3 is 0 Å². The van der Waals surface area contributed by atoms with E-state index in [2.05, 4.69) is 12.2 Å². The standard InChI is InChI=1S/C16H25NO3/c1-13-5-3-6-15(9-13)19-11-14(18)10-17-12-16(2)7-4-8-20-16/h3,5-6,9,14,17-18H,4,7-8,10-12H2,1-2H3. The minimum atomic E-state index is -0.513. The Morgan fingerprint density at radius 2 is 2.35 bits per heavy atom. The largest absolute Gasteiger partial charge is 0.491 e. The Balaban J connectivity index is 1.64. The van der Waals surface area contributed by atoms with Gasteiger partial charge < -0.3 is 19.9 Å². The van der Waals surface area contributed by atoms with Gasteiger partial charge in [-0.3, -0.25) is 0 Å². The molecule has 0 amide bonds. The van der Waals surface area contributed by atoms with Crippen LogP contribution in [0.25, 0.3) is 0 Å². The second-order valence-electron chi connectivity index (χ2n) is 5.81. The minimum Gasteiger partial charge on any atom is -0.491 e. The van der Waals surface area contributed by atoms with Crippen LogP contribution >= 0.6 is 0 Å². The summed E-state index contributed by atoms with van der Waals surface area (Å²) in [5, 5.41) is 13.2. The summed E-state index contributed by atoms with van der Waals surface area (Å²) in [5.74, 6) is 0.801. The zero-order valence-electron chi connectivity index (χ0n) is 12.4. The Morgan fingerprint density at radius 3 is 3.05 bits per heavy atom. The highest BCUT2D eigenvalue weighted by Crippen LogP contribution is 2.23. The number of benzene rings is 1. The van der Waals surface area contributed by atoms with Crippen LogP contribution in [-0.4, -0.2) is 43.1 Å². The van der Waals surface area contributed by atoms with Gasteiger partial charge in [0.15, 0.2) is 0 Å². The van der Waals surface area contributed by atoms with Gasteiger partial charge in [0.05, 0.1) is 5.60 Å². The van der Waals surface area contributed by atoms with E-state index in [4.69, 9.17) is 9.47 Å². The van der Waals surface area contributed by atoms with E-state index >= 15 is 0 Å². The topological polar surface area (TPSA) is 50.7 Å². The fourth-order valence-electron chi connectivity index (χ4n) is 2.44. The van der Waals surface area contributed by atoms with Crippen LogP contribution in [0.15, 0.2) is 24.3 Å². The van der Waals surface area contributed by atoms with Crippen molar-refractivity contribution in [3.8, 4) is 5.75 Å². The number of ether oxygens (including phenoxy) is 2. The number of aliphatic hydroxyl groups is 1. The number of aliphatic hydroxyl groups excluding tert-OH is 1. The first-order chi connectivity index (χ1) is 9.57. The molecule has 1 heterocycles. The Hall–Kier alpha value is -1.10. The molecule has 20 heavy (non-hydrogen) atoms. The molecule has 1 saturated heterocycles. The van der Waals surface area contributed by atoms with Gasteiger partial charge in [-0.1, -0.05) is 12.1 Å². The summed E-state index contributed by atoms with van der Waals surface area (Å²) in [6.07, 6.45) is 1.69. The summed E-state index contributed by atoms with van der Waals surface area (Å²) < 4.78 is 11.3. The number of aryl methyl sites for hydroxylation is 1. The predicted octanol–water partition coefficient (Wildman–Crippen LogP) is 1.89. The molecular weight excluding hydrogens is 254 g/mol. The maximum absolute atomic E-state index is 9.91. The SMILES string of the molecule is Cc1cccc(OCC(O)CNCC2(C)CCCO2)c1. The molecule has 0 radical (unpaired) electrons. The number of hydrogen-bond donors (Lipinski definition) is 2. The lowest BCUT2D eigenvalue weighted by Gasteiger charge is -2.24. The Kier molecular flexibility index (Phi) is 5.40. The fraction of sp³-hybridized carbons (Fsp3) is 0.625. The summed E-state index contributed by atoms with van der Waals surface area (Å²) >= 11 is 0. The zero-order chi connectivity index (χ0) is 14.4. The first-order valence-electron chi connectivity index (χ1n) is 7.30. The van der Waals surface area contributed by atoms with E-state index in [9.17, 15) is 5.11 Å². The molecule has 112 valence electrons. The number of nitrogens with one attached hydrogen (secondary N) is 1. The Labute approximate surface area is 121 Å². The van der Waals surface area contributed by atoms with Crippen LogP contribution in [0.3, 0.4) is 0 Å². The summed E-state index contributed by atoms with van der Waals surface area (Å²) in [7, 11) is 0. The molecule has 2 atom stereocenters. The Bertz CT molecular complexity index is 416. The average molecular weight is 279 g/mol. The molecule has 1 fully saturated rings. The van der Waals surface area contributed by atoms with E-state index in [-0.39, 0.29) is 5.60 Å². The lowest BCUT2D eigenvalue weighted by Crippen LogP contribution is -2.41. The van der Waals surface area contributed by atoms with Gasteiger partial charge in [-0.05, 0) is 44.4 Å². The molecule has 2 rings (SSSR count). The molecule has 0 aliphatic carbocycles. The molecule has 2 N–H and O–H groups in total. The van der Waals surface area contributed by atoms with E-state index in [0.717, 1.165) is 37.3 Å². The van der Waals surface area contributed by atoms with Gasteiger partial charge in [-0.15, -0.1) is 0 Å². The molecule has 2 unspecified atom stereocenters. The van der Waals surface area contributed by atoms with Crippen molar-refractivity contribution < 1.29 is 14.6 Å². The van der Waals surface area contributed by atoms with Crippen LogP contribution in [0.1, 0.15) is 25.3 Å². The van der Waals surface area contributed by atoms with Gasteiger partial charge in [0.2, 0.25) is 0 Å². The third-order valence-corrected chi connectivity index (χ3v) is 3.61. The van der Waals surface area contributed by atoms with Crippen LogP contribution in [0.5, 0.6) is 5.75 Å². The predicted molar refractivity (Wildman–Crippen MR) is 79.1 cm³/mol. The molecule has 1 aliphatic rings. The third-order valence-electron chi connectivity index (χ3n) is 3.61. The first kappa shape index (κ1) is 15.3. The lowest BCUT2D eigenvalue weighted by molar-refractivity contribution is 0.0170. The lowest BCUT2D eigenvalue weighted by atomic mass is 10.0. The minimum absolute atomic E-state index is 0.0723. The van der Waals surface area contributed by atoms with Crippen molar-refractivity contribution >= 4 is 0 Å². The van der Waals surface area contributed by atoms with Gasteiger partial charge in [0.1, 0.15) is 18.5 Å². The molecule has 1 aliphatic heterocycles. The first-order valence-corrected chi connectivity index (χ1v) is 7.30. The zero-order valence-corrected chi connectivity index (χ0v) is 12.4. The van der Waals surface area contributed by atoms with Crippen molar-refractivity contribution in [3.05, 3.63) is 29.8 Å². The number of hydrogen-bond acceptors (Lipinski definition) is 4. The maximum Gasteiger partial charge on any atom is 0.119 e. The smallest absolute Gasteiger partial charge is 0.119 e. The van der Waals surface area contributed by atoms with Crippen LogP contribution < -0.4 is 10.1 Å². The molecule has 1 aromatic carbocycles. The van der Waals surface area contributed by atoms with Crippen molar-refractivity contribution in [2.24, 2.45) is 0 Å². The van der Waals surface area contributed by atoms with Crippen molar-refractivity contribution in [1.29, 1.82) is 0 Å². The third kappa shape index (κ3) is 4.78. The highest BCUT2D eigenvalue weighted by Gasteiger charge is 2.29. The molecule has 4 nitrogen and oxygen atoms in total. The fourth-order valence-corrected chi connectivity index (χ4v) is 2.44. The van der Waals surface area contributed by atoms with E-state index in [0.29, 0.717) is 13.2 Å². The second-order valence-corrected chi connectivity index (χ2v) is 5.81. The van der Waals surface area contributed by atoms with E-state index < -0.39 is 6.10 Å². The monoisotopic (exact) mass is 279 g/mol. The molecular formula is C16H25NO3. The van der Waals surface area contributed by atoms with E-state index in [1.54, 1.807) is 0 Å². The van der Waals surface area contributed by atoms with Gasteiger partial charge in [0.25, 0.3) is 0 Å². The normalized spacial score (nSPS) is 23.8. The maximum atomic E-state index is 9.91. The van der Waals surface area contributed by atoms with Crippen LogP contribution in [0.4, 0.5) is 0 Å². The van der Waals surface area contributed by atoms with Crippen LogP contribution in [0.2, 0.25) is 0 Å². The number of rotatable bonds is 7. The van der Waals surface area contributed by atoms with Crippen molar-refractivity contribution in [3.63, 3.8) is 0 Å². The molecule has 4 heteroatoms. The van der Waals surface area contributed by atoms with Crippen LogP contribution in [0, 0.1) is 6.92 Å². The molecule has 0 saturated carbocycles. The summed E-state index contributed by atoms with van der Waals surface area (Å²) in [4.78, 5) is 0. The van der Waals surface area contributed by atoms with Crippen molar-refractivity contribution in [1.82, 2.24) is 5.32 Å². The molecule has 0 bridgehead atoms. The molecule has 0 aromatic heterocycles. The molecule has 1 aromatic rings. The summed E-state index contributed by atoms with van der Waals surface area (Å²) in [6, 6.07) is 7.84. The summed E-state index contributed by atoms with van der Waals surface area (Å²) in [6.45, 7) is 6.57. The highest BCUT2D eigenvalue weighted by molar-refractivity contribution is 5.27. The van der Waals surface area contributed by atoms with Crippen molar-refractivity contribution in [2.75, 3.05) is 26.3 Å². The van der Waals surface area contributed by atoms with Gasteiger partial charge in [0, 0.05) is 19.7 Å².